The normalized spacial score (nSPS) is 20.1. The summed E-state index contributed by atoms with van der Waals surface area (Å²) in [6.07, 6.45) is 2.96. The molecule has 0 N–H and O–H groups in total. The second-order valence-corrected chi connectivity index (χ2v) is 6.82. The summed E-state index contributed by atoms with van der Waals surface area (Å²) >= 11 is 1.49. The molecule has 1 saturated heterocycles. The van der Waals surface area contributed by atoms with Gasteiger partial charge in [0, 0.05) is 19.0 Å². The number of aromatic nitrogens is 2. The predicted molar refractivity (Wildman–Crippen MR) is 85.2 cm³/mol. The van der Waals surface area contributed by atoms with Crippen molar-refractivity contribution in [1.29, 1.82) is 0 Å². The topological polar surface area (TPSA) is 59.2 Å². The van der Waals surface area contributed by atoms with Gasteiger partial charge in [0.1, 0.15) is 0 Å². The van der Waals surface area contributed by atoms with Gasteiger partial charge in [0.15, 0.2) is 5.82 Å². The zero-order valence-electron chi connectivity index (χ0n) is 13.0. The predicted octanol–water partition coefficient (Wildman–Crippen LogP) is 3.66. The zero-order valence-corrected chi connectivity index (χ0v) is 13.8. The summed E-state index contributed by atoms with van der Waals surface area (Å²) in [6, 6.07) is 3.79. The SMILES string of the molecule is CC[C@H](C)c1noc([C@H]2CCCN(C(=O)c3cccs3)C2)n1. The molecule has 3 heterocycles. The first kappa shape index (κ1) is 15.2. The van der Waals surface area contributed by atoms with Gasteiger partial charge in [-0.05, 0) is 30.7 Å². The molecule has 5 nitrogen and oxygen atoms in total. The lowest BCUT2D eigenvalue weighted by Crippen LogP contribution is -2.38. The Hall–Kier alpha value is -1.69. The summed E-state index contributed by atoms with van der Waals surface area (Å²) in [4.78, 5) is 19.7. The lowest BCUT2D eigenvalue weighted by molar-refractivity contribution is 0.0700. The highest BCUT2D eigenvalue weighted by molar-refractivity contribution is 7.12. The quantitative estimate of drug-likeness (QED) is 0.863. The number of hydrogen-bond donors (Lipinski definition) is 0. The second-order valence-electron chi connectivity index (χ2n) is 5.87. The average Bonchev–Trinajstić information content (AvgIpc) is 3.25. The third-order valence-corrected chi connectivity index (χ3v) is 5.16. The number of piperidine rings is 1. The van der Waals surface area contributed by atoms with E-state index in [2.05, 4.69) is 24.0 Å². The van der Waals surface area contributed by atoms with Crippen molar-refractivity contribution in [2.24, 2.45) is 0 Å². The van der Waals surface area contributed by atoms with E-state index in [0.717, 1.165) is 36.5 Å². The minimum atomic E-state index is 0.112. The number of amides is 1. The molecular weight excluding hydrogens is 298 g/mol. The van der Waals surface area contributed by atoms with Crippen molar-refractivity contribution in [2.75, 3.05) is 13.1 Å². The Kier molecular flexibility index (Phi) is 4.57. The van der Waals surface area contributed by atoms with E-state index in [1.807, 2.05) is 22.4 Å². The first-order valence-corrected chi connectivity index (χ1v) is 8.73. The molecule has 22 heavy (non-hydrogen) atoms. The third kappa shape index (κ3) is 3.06. The largest absolute Gasteiger partial charge is 0.339 e. The van der Waals surface area contributed by atoms with Crippen molar-refractivity contribution in [3.8, 4) is 0 Å². The highest BCUT2D eigenvalue weighted by Crippen LogP contribution is 2.28. The maximum atomic E-state index is 12.5. The lowest BCUT2D eigenvalue weighted by Gasteiger charge is -2.30. The van der Waals surface area contributed by atoms with Crippen LogP contribution in [0.4, 0.5) is 0 Å². The monoisotopic (exact) mass is 319 g/mol. The van der Waals surface area contributed by atoms with Crippen LogP contribution in [0.15, 0.2) is 22.0 Å². The summed E-state index contributed by atoms with van der Waals surface area (Å²) in [5.41, 5.74) is 0. The molecule has 0 aliphatic carbocycles. The molecule has 1 amide bonds. The molecule has 0 unspecified atom stereocenters. The van der Waals surface area contributed by atoms with Gasteiger partial charge in [-0.15, -0.1) is 11.3 Å². The van der Waals surface area contributed by atoms with Crippen molar-refractivity contribution in [3.05, 3.63) is 34.1 Å². The standard InChI is InChI=1S/C16H21N3O2S/c1-3-11(2)14-17-15(21-18-14)12-6-4-8-19(10-12)16(20)13-7-5-9-22-13/h5,7,9,11-12H,3-4,6,8,10H2,1-2H3/t11-,12-/m0/s1. The zero-order chi connectivity index (χ0) is 15.5. The van der Waals surface area contributed by atoms with Crippen molar-refractivity contribution in [3.63, 3.8) is 0 Å². The molecule has 0 bridgehead atoms. The summed E-state index contributed by atoms with van der Waals surface area (Å²) < 4.78 is 5.45. The van der Waals surface area contributed by atoms with Crippen LogP contribution >= 0.6 is 11.3 Å². The first-order chi connectivity index (χ1) is 10.7. The van der Waals surface area contributed by atoms with E-state index in [0.29, 0.717) is 18.4 Å². The van der Waals surface area contributed by atoms with Crippen molar-refractivity contribution >= 4 is 17.2 Å². The second kappa shape index (κ2) is 6.60. The first-order valence-electron chi connectivity index (χ1n) is 7.85. The Balaban J connectivity index is 1.70. The fourth-order valence-corrected chi connectivity index (χ4v) is 3.41. The number of carbonyl (C=O) groups excluding carboxylic acids is 1. The van der Waals surface area contributed by atoms with Gasteiger partial charge in [0.25, 0.3) is 5.91 Å². The van der Waals surface area contributed by atoms with E-state index in [1.54, 1.807) is 0 Å². The Morgan fingerprint density at radius 2 is 2.45 bits per heavy atom. The molecule has 2 atom stereocenters. The summed E-state index contributed by atoms with van der Waals surface area (Å²) in [7, 11) is 0. The molecule has 0 spiro atoms. The van der Waals surface area contributed by atoms with Crippen LogP contribution in [-0.4, -0.2) is 34.0 Å². The lowest BCUT2D eigenvalue weighted by atomic mass is 9.97. The third-order valence-electron chi connectivity index (χ3n) is 4.30. The fraction of sp³-hybridized carbons (Fsp3) is 0.562. The molecule has 0 saturated carbocycles. The smallest absolute Gasteiger partial charge is 0.263 e. The van der Waals surface area contributed by atoms with E-state index < -0.39 is 0 Å². The Morgan fingerprint density at radius 1 is 1.59 bits per heavy atom. The molecular formula is C16H21N3O2S. The van der Waals surface area contributed by atoms with Gasteiger partial charge in [-0.3, -0.25) is 4.79 Å². The van der Waals surface area contributed by atoms with Crippen LogP contribution in [0.1, 0.15) is 66.3 Å². The van der Waals surface area contributed by atoms with Gasteiger partial charge in [-0.25, -0.2) is 0 Å². The van der Waals surface area contributed by atoms with Gasteiger partial charge in [-0.1, -0.05) is 25.1 Å². The molecule has 0 radical (unpaired) electrons. The van der Waals surface area contributed by atoms with Crippen LogP contribution in [0.2, 0.25) is 0 Å². The molecule has 118 valence electrons. The van der Waals surface area contributed by atoms with Crippen LogP contribution in [0.3, 0.4) is 0 Å². The van der Waals surface area contributed by atoms with Crippen molar-refractivity contribution < 1.29 is 9.32 Å². The number of thiophene rings is 1. The van der Waals surface area contributed by atoms with Crippen molar-refractivity contribution in [1.82, 2.24) is 15.0 Å². The molecule has 6 heteroatoms. The minimum absolute atomic E-state index is 0.112. The van der Waals surface area contributed by atoms with Crippen molar-refractivity contribution in [2.45, 2.75) is 44.9 Å². The van der Waals surface area contributed by atoms with Gasteiger partial charge < -0.3 is 9.42 Å². The molecule has 1 aliphatic rings. The number of hydrogen-bond acceptors (Lipinski definition) is 5. The molecule has 3 rings (SSSR count). The summed E-state index contributed by atoms with van der Waals surface area (Å²) in [6.45, 7) is 5.68. The van der Waals surface area contributed by atoms with Crippen LogP contribution < -0.4 is 0 Å². The van der Waals surface area contributed by atoms with Crippen LogP contribution in [0.25, 0.3) is 0 Å². The van der Waals surface area contributed by atoms with Gasteiger partial charge in [0.2, 0.25) is 5.89 Å². The van der Waals surface area contributed by atoms with Gasteiger partial charge >= 0.3 is 0 Å². The molecule has 2 aromatic rings. The number of likely N-dealkylation sites (tertiary alicyclic amines) is 1. The maximum Gasteiger partial charge on any atom is 0.263 e. The van der Waals surface area contributed by atoms with Gasteiger partial charge in [0.05, 0.1) is 10.8 Å². The number of rotatable bonds is 4. The number of carbonyl (C=O) groups is 1. The van der Waals surface area contributed by atoms with E-state index in [1.165, 1.54) is 11.3 Å². The Morgan fingerprint density at radius 3 is 3.18 bits per heavy atom. The van der Waals surface area contributed by atoms with Crippen LogP contribution in [0.5, 0.6) is 0 Å². The van der Waals surface area contributed by atoms with Crippen LogP contribution in [0, 0.1) is 0 Å². The molecule has 0 aromatic carbocycles. The molecule has 2 aromatic heterocycles. The van der Waals surface area contributed by atoms with E-state index in [9.17, 15) is 4.79 Å². The highest BCUT2D eigenvalue weighted by Gasteiger charge is 2.29. The van der Waals surface area contributed by atoms with E-state index in [-0.39, 0.29) is 11.8 Å². The van der Waals surface area contributed by atoms with Crippen LogP contribution in [-0.2, 0) is 0 Å². The fourth-order valence-electron chi connectivity index (χ4n) is 2.72. The molecule has 1 aliphatic heterocycles. The average molecular weight is 319 g/mol. The Labute approximate surface area is 134 Å². The Bertz CT molecular complexity index is 623. The van der Waals surface area contributed by atoms with E-state index >= 15 is 0 Å². The van der Waals surface area contributed by atoms with Gasteiger partial charge in [-0.2, -0.15) is 4.98 Å². The minimum Gasteiger partial charge on any atom is -0.339 e. The van der Waals surface area contributed by atoms with E-state index in [4.69, 9.17) is 4.52 Å². The number of nitrogens with zero attached hydrogens (tertiary/aromatic N) is 3. The molecule has 1 fully saturated rings. The maximum absolute atomic E-state index is 12.5. The summed E-state index contributed by atoms with van der Waals surface area (Å²) in [5, 5.41) is 6.03. The highest BCUT2D eigenvalue weighted by atomic mass is 32.1. The summed E-state index contributed by atoms with van der Waals surface area (Å²) in [5.74, 6) is 2.03.